The van der Waals surface area contributed by atoms with Gasteiger partial charge in [0.05, 0.1) is 17.3 Å². The zero-order chi connectivity index (χ0) is 22.5. The number of aromatic nitrogens is 3. The Labute approximate surface area is 185 Å². The Morgan fingerprint density at radius 3 is 2.59 bits per heavy atom. The largest absolute Gasteiger partial charge is 0.381 e. The van der Waals surface area contributed by atoms with Crippen molar-refractivity contribution in [2.45, 2.75) is 31.5 Å². The number of hydrogen-bond donors (Lipinski definition) is 3. The van der Waals surface area contributed by atoms with Crippen LogP contribution in [0.3, 0.4) is 0 Å². The van der Waals surface area contributed by atoms with E-state index < -0.39 is 24.0 Å². The van der Waals surface area contributed by atoms with E-state index in [9.17, 15) is 14.7 Å². The smallest absolute Gasteiger partial charge is 0.255 e. The molecule has 2 aromatic heterocycles. The van der Waals surface area contributed by atoms with Crippen LogP contribution in [0.5, 0.6) is 0 Å². The van der Waals surface area contributed by atoms with E-state index in [1.165, 1.54) is 6.42 Å². The van der Waals surface area contributed by atoms with Crippen molar-refractivity contribution in [3.63, 3.8) is 0 Å². The average Bonchev–Trinajstić information content (AvgIpc) is 3.24. The molecule has 32 heavy (non-hydrogen) atoms. The normalized spacial score (nSPS) is 15.5. The molecule has 0 saturated carbocycles. The van der Waals surface area contributed by atoms with Gasteiger partial charge in [-0.15, -0.1) is 0 Å². The lowest BCUT2D eigenvalue weighted by molar-refractivity contribution is -0.127. The van der Waals surface area contributed by atoms with Gasteiger partial charge in [-0.25, -0.2) is 9.67 Å². The van der Waals surface area contributed by atoms with Gasteiger partial charge >= 0.3 is 0 Å². The number of aliphatic hydroxyl groups is 1. The number of amides is 2. The molecule has 9 nitrogen and oxygen atoms in total. The van der Waals surface area contributed by atoms with E-state index in [0.29, 0.717) is 5.82 Å². The van der Waals surface area contributed by atoms with Crippen molar-refractivity contribution in [2.24, 2.45) is 5.73 Å². The van der Waals surface area contributed by atoms with Crippen LogP contribution in [0.1, 0.15) is 28.0 Å². The summed E-state index contributed by atoms with van der Waals surface area (Å²) >= 11 is 0. The van der Waals surface area contributed by atoms with Crippen LogP contribution in [-0.2, 0) is 17.8 Å². The molecule has 0 radical (unpaired) electrons. The maximum Gasteiger partial charge on any atom is 0.255 e. The topological polar surface area (TPSA) is 126 Å². The Balaban J connectivity index is 1.54. The van der Waals surface area contributed by atoms with Crippen molar-refractivity contribution < 1.29 is 14.7 Å². The highest BCUT2D eigenvalue weighted by atomic mass is 16.3. The zero-order valence-electron chi connectivity index (χ0n) is 17.6. The Bertz CT molecular complexity index is 1080. The second-order valence-corrected chi connectivity index (χ2v) is 7.87. The number of carbonyl (C=O) groups is 2. The summed E-state index contributed by atoms with van der Waals surface area (Å²) in [5.41, 5.74) is 7.34. The van der Waals surface area contributed by atoms with Crippen LogP contribution in [0.25, 0.3) is 5.82 Å². The maximum atomic E-state index is 13.1. The van der Waals surface area contributed by atoms with Crippen LogP contribution in [0, 0.1) is 0 Å². The molecule has 1 aliphatic heterocycles. The van der Waals surface area contributed by atoms with Crippen molar-refractivity contribution >= 4 is 11.8 Å². The number of hydrogen-bond acceptors (Lipinski definition) is 6. The first-order valence-electron chi connectivity index (χ1n) is 10.6. The average molecular weight is 435 g/mol. The van der Waals surface area contributed by atoms with Crippen LogP contribution >= 0.6 is 0 Å². The molecule has 1 aliphatic rings. The standard InChI is InChI=1S/C23H26N6O3/c24-21(31)20(30)19(14-16-6-2-1-3-7-16)26-23(32)18-8-4-10-25-22(18)29-13-9-17(27-29)15-28-11-5-12-28/h1-4,6-10,13,19-20,30H,5,11-12,14-15H2,(H2,24,31)(H,26,32)/t19-,20+/m0/s1. The molecule has 3 heterocycles. The van der Waals surface area contributed by atoms with Crippen LogP contribution in [0.15, 0.2) is 60.9 Å². The van der Waals surface area contributed by atoms with Crippen molar-refractivity contribution in [2.75, 3.05) is 13.1 Å². The second-order valence-electron chi connectivity index (χ2n) is 7.87. The number of nitrogens with one attached hydrogen (secondary N) is 1. The van der Waals surface area contributed by atoms with E-state index in [0.717, 1.165) is 30.9 Å². The van der Waals surface area contributed by atoms with E-state index in [1.54, 1.807) is 29.2 Å². The van der Waals surface area contributed by atoms with Crippen molar-refractivity contribution in [1.29, 1.82) is 0 Å². The summed E-state index contributed by atoms with van der Waals surface area (Å²) in [6, 6.07) is 13.6. The predicted octanol–water partition coefficient (Wildman–Crippen LogP) is 0.660. The highest BCUT2D eigenvalue weighted by Crippen LogP contribution is 2.15. The van der Waals surface area contributed by atoms with E-state index >= 15 is 0 Å². The molecule has 1 fully saturated rings. The number of likely N-dealkylation sites (tertiary alicyclic amines) is 1. The van der Waals surface area contributed by atoms with Gasteiger partial charge in [0.1, 0.15) is 0 Å². The molecule has 0 unspecified atom stereocenters. The maximum absolute atomic E-state index is 13.1. The van der Waals surface area contributed by atoms with E-state index in [4.69, 9.17) is 5.73 Å². The zero-order valence-corrected chi connectivity index (χ0v) is 17.6. The Kier molecular flexibility index (Phi) is 6.58. The summed E-state index contributed by atoms with van der Waals surface area (Å²) in [5.74, 6) is -1.01. The molecule has 0 spiro atoms. The van der Waals surface area contributed by atoms with Gasteiger partial charge in [0, 0.05) is 18.9 Å². The predicted molar refractivity (Wildman–Crippen MR) is 118 cm³/mol. The summed E-state index contributed by atoms with van der Waals surface area (Å²) in [4.78, 5) is 31.4. The van der Waals surface area contributed by atoms with E-state index in [1.807, 2.05) is 36.4 Å². The van der Waals surface area contributed by atoms with Gasteiger partial charge in [0.15, 0.2) is 11.9 Å². The van der Waals surface area contributed by atoms with Crippen molar-refractivity contribution in [3.8, 4) is 5.82 Å². The van der Waals surface area contributed by atoms with Crippen LogP contribution in [0.2, 0.25) is 0 Å². The monoisotopic (exact) mass is 434 g/mol. The number of aliphatic hydroxyl groups excluding tert-OH is 1. The molecule has 0 aliphatic carbocycles. The fourth-order valence-electron chi connectivity index (χ4n) is 3.64. The number of nitrogens with two attached hydrogens (primary N) is 1. The van der Waals surface area contributed by atoms with Gasteiger partial charge in [-0.2, -0.15) is 5.10 Å². The highest BCUT2D eigenvalue weighted by Gasteiger charge is 2.28. The lowest BCUT2D eigenvalue weighted by atomic mass is 10.0. The van der Waals surface area contributed by atoms with Crippen LogP contribution < -0.4 is 11.1 Å². The number of pyridine rings is 1. The third-order valence-corrected chi connectivity index (χ3v) is 5.51. The lowest BCUT2D eigenvalue weighted by Crippen LogP contribution is -2.50. The van der Waals surface area contributed by atoms with Gasteiger partial charge in [0.2, 0.25) is 5.91 Å². The summed E-state index contributed by atoms with van der Waals surface area (Å²) in [7, 11) is 0. The van der Waals surface area contributed by atoms with Crippen molar-refractivity contribution in [3.05, 3.63) is 77.7 Å². The molecule has 9 heteroatoms. The van der Waals surface area contributed by atoms with Crippen molar-refractivity contribution in [1.82, 2.24) is 25.0 Å². The molecule has 4 rings (SSSR count). The number of primary amides is 1. The molecule has 3 aromatic rings. The second kappa shape index (κ2) is 9.71. The fraction of sp³-hybridized carbons (Fsp3) is 0.304. The molecule has 166 valence electrons. The van der Waals surface area contributed by atoms with Crippen LogP contribution in [-0.4, -0.2) is 61.8 Å². The SMILES string of the molecule is NC(=O)[C@H](O)[C@H](Cc1ccccc1)NC(=O)c1cccnc1-n1ccc(CN2CCC2)n1. The molecule has 4 N–H and O–H groups in total. The molecular formula is C23H26N6O3. The third-order valence-electron chi connectivity index (χ3n) is 5.51. The minimum absolute atomic E-state index is 0.244. The molecular weight excluding hydrogens is 408 g/mol. The van der Waals surface area contributed by atoms with Gasteiger partial charge in [-0.3, -0.25) is 14.5 Å². The van der Waals surface area contributed by atoms with Gasteiger partial charge in [-0.05, 0) is 49.7 Å². The number of carbonyl (C=O) groups excluding carboxylic acids is 2. The third kappa shape index (κ3) is 5.01. The Morgan fingerprint density at radius 1 is 1.12 bits per heavy atom. The summed E-state index contributed by atoms with van der Waals surface area (Å²) in [6.07, 6.45) is 3.27. The Morgan fingerprint density at radius 2 is 1.91 bits per heavy atom. The summed E-state index contributed by atoms with van der Waals surface area (Å²) in [6.45, 7) is 2.88. The lowest BCUT2D eigenvalue weighted by Gasteiger charge is -2.29. The Hall–Kier alpha value is -3.56. The van der Waals surface area contributed by atoms with Crippen LogP contribution in [0.4, 0.5) is 0 Å². The quantitative estimate of drug-likeness (QED) is 0.454. The molecule has 1 aromatic carbocycles. The molecule has 0 bridgehead atoms. The molecule has 2 amide bonds. The highest BCUT2D eigenvalue weighted by molar-refractivity contribution is 5.97. The van der Waals surface area contributed by atoms with Gasteiger partial charge < -0.3 is 16.2 Å². The fourth-order valence-corrected chi connectivity index (χ4v) is 3.64. The number of benzene rings is 1. The molecule has 2 atom stereocenters. The van der Waals surface area contributed by atoms with E-state index in [2.05, 4.69) is 20.3 Å². The van der Waals surface area contributed by atoms with Gasteiger partial charge in [0.25, 0.3) is 5.91 Å². The summed E-state index contributed by atoms with van der Waals surface area (Å²) in [5, 5.41) is 17.6. The first kappa shape index (κ1) is 21.7. The number of rotatable bonds is 9. The van der Waals surface area contributed by atoms with Gasteiger partial charge in [-0.1, -0.05) is 30.3 Å². The molecule has 1 saturated heterocycles. The number of nitrogens with zero attached hydrogens (tertiary/aromatic N) is 4. The minimum atomic E-state index is -1.54. The van der Waals surface area contributed by atoms with E-state index in [-0.39, 0.29) is 12.0 Å². The first-order valence-corrected chi connectivity index (χ1v) is 10.6. The first-order chi connectivity index (χ1) is 15.5. The summed E-state index contributed by atoms with van der Waals surface area (Å²) < 4.78 is 1.57. The minimum Gasteiger partial charge on any atom is -0.381 e.